The summed E-state index contributed by atoms with van der Waals surface area (Å²) in [6.45, 7) is 1.59. The van der Waals surface area contributed by atoms with Gasteiger partial charge >= 0.3 is 0 Å². The van der Waals surface area contributed by atoms with Crippen LogP contribution in [-0.4, -0.2) is 11.7 Å². The van der Waals surface area contributed by atoms with Crippen LogP contribution in [0.25, 0.3) is 10.4 Å². The third kappa shape index (κ3) is 2.64. The summed E-state index contributed by atoms with van der Waals surface area (Å²) in [7, 11) is 0. The van der Waals surface area contributed by atoms with E-state index in [4.69, 9.17) is 17.1 Å². The number of aliphatic hydroxyl groups is 1. The molecule has 0 fully saturated rings. The third-order valence-corrected chi connectivity index (χ3v) is 2.16. The van der Waals surface area contributed by atoms with Crippen LogP contribution in [0.1, 0.15) is 12.5 Å². The van der Waals surface area contributed by atoms with Crippen LogP contribution in [0.5, 0.6) is 0 Å². The molecule has 1 atom stereocenters. The lowest BCUT2D eigenvalue weighted by Crippen LogP contribution is -2.24. The second-order valence-electron chi connectivity index (χ2n) is 3.17. The summed E-state index contributed by atoms with van der Waals surface area (Å²) in [5.41, 5.74) is 7.68. The van der Waals surface area contributed by atoms with Crippen LogP contribution in [0.3, 0.4) is 0 Å². The van der Waals surface area contributed by atoms with E-state index in [1.165, 1.54) is 0 Å². The number of nitrogens with zero attached hydrogens (tertiary/aromatic N) is 3. The fourth-order valence-corrected chi connectivity index (χ4v) is 1.20. The predicted octanol–water partition coefficient (Wildman–Crippen LogP) is 2.86. The molecule has 74 valence electrons. The standard InChI is InChI=1S/C9H10ClN3O/c1-9(14,6-12-13-11)7-2-4-8(10)5-3-7/h2-5,14H,6H2,1H3. The van der Waals surface area contributed by atoms with Crippen molar-refractivity contribution < 1.29 is 5.11 Å². The van der Waals surface area contributed by atoms with Crippen LogP contribution in [-0.2, 0) is 5.60 Å². The van der Waals surface area contributed by atoms with Crippen molar-refractivity contribution in [2.75, 3.05) is 6.54 Å². The van der Waals surface area contributed by atoms with E-state index >= 15 is 0 Å². The van der Waals surface area contributed by atoms with Gasteiger partial charge < -0.3 is 5.11 Å². The van der Waals surface area contributed by atoms with E-state index in [0.29, 0.717) is 10.6 Å². The smallest absolute Gasteiger partial charge is 0.0924 e. The molecule has 0 aliphatic carbocycles. The Morgan fingerprint density at radius 3 is 2.57 bits per heavy atom. The second-order valence-corrected chi connectivity index (χ2v) is 3.61. The summed E-state index contributed by atoms with van der Waals surface area (Å²) >= 11 is 5.70. The first kappa shape index (κ1) is 10.9. The Balaban J connectivity index is 2.91. The van der Waals surface area contributed by atoms with Gasteiger partial charge in [-0.15, -0.1) is 0 Å². The van der Waals surface area contributed by atoms with Crippen molar-refractivity contribution in [2.24, 2.45) is 5.11 Å². The first-order chi connectivity index (χ1) is 6.56. The number of rotatable bonds is 3. The molecular weight excluding hydrogens is 202 g/mol. The number of halogens is 1. The van der Waals surface area contributed by atoms with Gasteiger partial charge in [0.25, 0.3) is 0 Å². The third-order valence-electron chi connectivity index (χ3n) is 1.91. The lowest BCUT2D eigenvalue weighted by atomic mass is 9.96. The van der Waals surface area contributed by atoms with Gasteiger partial charge in [-0.1, -0.05) is 28.8 Å². The van der Waals surface area contributed by atoms with Crippen LogP contribution in [0, 0.1) is 0 Å². The molecule has 4 nitrogen and oxygen atoms in total. The first-order valence-electron chi connectivity index (χ1n) is 4.05. The Labute approximate surface area is 86.8 Å². The molecule has 0 aliphatic heterocycles. The molecule has 0 bridgehead atoms. The van der Waals surface area contributed by atoms with Crippen molar-refractivity contribution >= 4 is 11.6 Å². The molecule has 5 heteroatoms. The second kappa shape index (κ2) is 4.33. The molecule has 0 heterocycles. The largest absolute Gasteiger partial charge is 0.385 e. The molecular formula is C9H10ClN3O. The Hall–Kier alpha value is -1.22. The molecule has 0 aromatic heterocycles. The van der Waals surface area contributed by atoms with Gasteiger partial charge in [-0.25, -0.2) is 0 Å². The van der Waals surface area contributed by atoms with E-state index in [0.717, 1.165) is 0 Å². The van der Waals surface area contributed by atoms with Crippen molar-refractivity contribution in [1.82, 2.24) is 0 Å². The summed E-state index contributed by atoms with van der Waals surface area (Å²) < 4.78 is 0. The molecule has 1 rings (SSSR count). The van der Waals surface area contributed by atoms with Crippen molar-refractivity contribution in [3.8, 4) is 0 Å². The van der Waals surface area contributed by atoms with E-state index in [-0.39, 0.29) is 6.54 Å². The van der Waals surface area contributed by atoms with Gasteiger partial charge in [0.1, 0.15) is 0 Å². The van der Waals surface area contributed by atoms with E-state index in [9.17, 15) is 5.11 Å². The minimum atomic E-state index is -1.14. The molecule has 0 amide bonds. The zero-order valence-electron chi connectivity index (χ0n) is 7.68. The van der Waals surface area contributed by atoms with Gasteiger partial charge in [-0.2, -0.15) is 0 Å². The Morgan fingerprint density at radius 1 is 1.50 bits per heavy atom. The van der Waals surface area contributed by atoms with Crippen LogP contribution in [0.4, 0.5) is 0 Å². The maximum Gasteiger partial charge on any atom is 0.0924 e. The highest BCUT2D eigenvalue weighted by molar-refractivity contribution is 6.30. The van der Waals surface area contributed by atoms with Crippen LogP contribution >= 0.6 is 11.6 Å². The van der Waals surface area contributed by atoms with E-state index in [1.807, 2.05) is 0 Å². The highest BCUT2D eigenvalue weighted by Crippen LogP contribution is 2.22. The molecule has 1 aromatic carbocycles. The molecule has 1 unspecified atom stereocenters. The number of azide groups is 1. The molecule has 0 spiro atoms. The van der Waals surface area contributed by atoms with E-state index in [2.05, 4.69) is 10.0 Å². The SMILES string of the molecule is CC(O)(CN=[N+]=[N-])c1ccc(Cl)cc1. The minimum absolute atomic E-state index is 0.00509. The zero-order valence-corrected chi connectivity index (χ0v) is 8.44. The quantitative estimate of drug-likeness (QED) is 0.466. The maximum atomic E-state index is 9.90. The molecule has 1 aromatic rings. The van der Waals surface area contributed by atoms with Crippen LogP contribution < -0.4 is 0 Å². The normalized spacial score (nSPS) is 14.2. The summed E-state index contributed by atoms with van der Waals surface area (Å²) in [5, 5.41) is 13.8. The minimum Gasteiger partial charge on any atom is -0.385 e. The Morgan fingerprint density at radius 2 is 2.07 bits per heavy atom. The average molecular weight is 212 g/mol. The number of benzene rings is 1. The summed E-state index contributed by atoms with van der Waals surface area (Å²) in [5.74, 6) is 0. The molecule has 0 saturated heterocycles. The molecule has 0 radical (unpaired) electrons. The topological polar surface area (TPSA) is 69.0 Å². The van der Waals surface area contributed by atoms with Gasteiger partial charge in [0, 0.05) is 9.93 Å². The lowest BCUT2D eigenvalue weighted by molar-refractivity contribution is 0.0669. The number of hydrogen-bond donors (Lipinski definition) is 1. The maximum absolute atomic E-state index is 9.90. The average Bonchev–Trinajstić information content (AvgIpc) is 2.16. The van der Waals surface area contributed by atoms with Crippen LogP contribution in [0.2, 0.25) is 5.02 Å². The molecule has 0 aliphatic rings. The van der Waals surface area contributed by atoms with Gasteiger partial charge in [0.15, 0.2) is 0 Å². The van der Waals surface area contributed by atoms with Crippen molar-refractivity contribution in [3.05, 3.63) is 45.3 Å². The highest BCUT2D eigenvalue weighted by atomic mass is 35.5. The van der Waals surface area contributed by atoms with Gasteiger partial charge in [-0.05, 0) is 30.2 Å². The summed E-state index contributed by atoms with van der Waals surface area (Å²) in [6.07, 6.45) is 0. The lowest BCUT2D eigenvalue weighted by Gasteiger charge is -2.21. The highest BCUT2D eigenvalue weighted by Gasteiger charge is 2.21. The fraction of sp³-hybridized carbons (Fsp3) is 0.333. The zero-order chi connectivity index (χ0) is 10.6. The Bertz CT molecular complexity index is 355. The Kier molecular flexibility index (Phi) is 3.36. The molecule has 0 saturated carbocycles. The van der Waals surface area contributed by atoms with Crippen molar-refractivity contribution in [2.45, 2.75) is 12.5 Å². The number of hydrogen-bond acceptors (Lipinski definition) is 2. The molecule has 14 heavy (non-hydrogen) atoms. The summed E-state index contributed by atoms with van der Waals surface area (Å²) in [4.78, 5) is 2.60. The van der Waals surface area contributed by atoms with Crippen LogP contribution in [0.15, 0.2) is 29.4 Å². The van der Waals surface area contributed by atoms with E-state index < -0.39 is 5.60 Å². The summed E-state index contributed by atoms with van der Waals surface area (Å²) in [6, 6.07) is 6.77. The van der Waals surface area contributed by atoms with Gasteiger partial charge in [-0.3, -0.25) is 0 Å². The van der Waals surface area contributed by atoms with Crippen molar-refractivity contribution in [3.63, 3.8) is 0 Å². The fourth-order valence-electron chi connectivity index (χ4n) is 1.07. The van der Waals surface area contributed by atoms with Gasteiger partial charge in [0.05, 0.1) is 12.1 Å². The van der Waals surface area contributed by atoms with Crippen molar-refractivity contribution in [1.29, 1.82) is 0 Å². The first-order valence-corrected chi connectivity index (χ1v) is 4.43. The van der Waals surface area contributed by atoms with Gasteiger partial charge in [0.2, 0.25) is 0 Å². The predicted molar refractivity (Wildman–Crippen MR) is 55.0 cm³/mol. The monoisotopic (exact) mass is 211 g/mol. The van der Waals surface area contributed by atoms with E-state index in [1.54, 1.807) is 31.2 Å². The molecule has 1 N–H and O–H groups in total.